The van der Waals surface area contributed by atoms with E-state index in [1.165, 1.54) is 5.56 Å². The lowest BCUT2D eigenvalue weighted by Gasteiger charge is -2.35. The number of ether oxygens (including phenoxy) is 1. The van der Waals surface area contributed by atoms with Gasteiger partial charge in [0, 0.05) is 37.5 Å². The minimum atomic E-state index is 0.152. The van der Waals surface area contributed by atoms with Crippen molar-refractivity contribution in [2.75, 3.05) is 31.7 Å². The van der Waals surface area contributed by atoms with Crippen LogP contribution in [-0.2, 0) is 4.74 Å². The maximum atomic E-state index is 6.00. The first kappa shape index (κ1) is 17.1. The number of anilines is 1. The monoisotopic (exact) mass is 346 g/mol. The summed E-state index contributed by atoms with van der Waals surface area (Å²) in [5.41, 5.74) is 1.19. The lowest BCUT2D eigenvalue weighted by molar-refractivity contribution is 0.158. The third-order valence-corrected chi connectivity index (χ3v) is 4.60. The van der Waals surface area contributed by atoms with Gasteiger partial charge in [-0.15, -0.1) is 5.10 Å². The summed E-state index contributed by atoms with van der Waals surface area (Å²) in [6.45, 7) is 2.57. The first-order valence-corrected chi connectivity index (χ1v) is 8.67. The van der Waals surface area contributed by atoms with Crippen LogP contribution in [0.3, 0.4) is 0 Å². The summed E-state index contributed by atoms with van der Waals surface area (Å²) in [6, 6.07) is 12.4. The van der Waals surface area contributed by atoms with Crippen LogP contribution in [0, 0.1) is 0 Å². The van der Waals surface area contributed by atoms with Crippen LogP contribution in [0.2, 0.25) is 5.02 Å². The first-order chi connectivity index (χ1) is 11.8. The maximum absolute atomic E-state index is 6.00. The fraction of sp³-hybridized carbons (Fsp3) is 0.444. The Bertz CT molecular complexity index is 623. The molecule has 0 spiro atoms. The van der Waals surface area contributed by atoms with Crippen molar-refractivity contribution in [1.82, 2.24) is 15.5 Å². The lowest BCUT2D eigenvalue weighted by atomic mass is 10.0. The molecule has 1 aliphatic heterocycles. The zero-order valence-electron chi connectivity index (χ0n) is 13.9. The first-order valence-electron chi connectivity index (χ1n) is 8.29. The third kappa shape index (κ3) is 4.44. The van der Waals surface area contributed by atoms with Crippen LogP contribution in [0.1, 0.15) is 24.4 Å². The normalized spacial score (nSPS) is 19.2. The number of methoxy groups -OCH3 is 1. The molecule has 1 aliphatic rings. The van der Waals surface area contributed by atoms with Gasteiger partial charge in [0.05, 0.1) is 12.6 Å². The van der Waals surface area contributed by atoms with E-state index in [1.54, 1.807) is 13.3 Å². The molecule has 1 saturated heterocycles. The molecule has 24 heavy (non-hydrogen) atoms. The summed E-state index contributed by atoms with van der Waals surface area (Å²) < 4.78 is 5.41. The van der Waals surface area contributed by atoms with E-state index in [0.717, 1.165) is 36.8 Å². The molecular formula is C18H23ClN4O. The number of nitrogens with zero attached hydrogens (tertiary/aromatic N) is 3. The topological polar surface area (TPSA) is 50.3 Å². The molecule has 0 radical (unpaired) electrons. The Morgan fingerprint density at radius 1 is 1.33 bits per heavy atom. The zero-order valence-corrected chi connectivity index (χ0v) is 14.6. The minimum Gasteiger partial charge on any atom is -0.383 e. The van der Waals surface area contributed by atoms with Crippen LogP contribution < -0.4 is 10.2 Å². The van der Waals surface area contributed by atoms with Crippen LogP contribution in [0.15, 0.2) is 42.6 Å². The largest absolute Gasteiger partial charge is 0.383 e. The molecule has 5 nitrogen and oxygen atoms in total. The van der Waals surface area contributed by atoms with Crippen LogP contribution in [0.5, 0.6) is 0 Å². The molecule has 2 atom stereocenters. The fourth-order valence-corrected chi connectivity index (χ4v) is 3.30. The molecule has 128 valence electrons. The Kier molecular flexibility index (Phi) is 6.01. The highest BCUT2D eigenvalue weighted by Crippen LogP contribution is 2.21. The maximum Gasteiger partial charge on any atom is 0.151 e. The van der Waals surface area contributed by atoms with E-state index in [9.17, 15) is 0 Å². The van der Waals surface area contributed by atoms with Crippen molar-refractivity contribution < 1.29 is 4.74 Å². The van der Waals surface area contributed by atoms with E-state index in [2.05, 4.69) is 32.5 Å². The van der Waals surface area contributed by atoms with Gasteiger partial charge in [0.25, 0.3) is 0 Å². The van der Waals surface area contributed by atoms with E-state index in [0.29, 0.717) is 12.6 Å². The summed E-state index contributed by atoms with van der Waals surface area (Å²) in [4.78, 5) is 2.29. The van der Waals surface area contributed by atoms with Crippen molar-refractivity contribution in [3.63, 3.8) is 0 Å². The second-order valence-corrected chi connectivity index (χ2v) is 6.53. The minimum absolute atomic E-state index is 0.152. The summed E-state index contributed by atoms with van der Waals surface area (Å²) in [5.74, 6) is 0.943. The fourth-order valence-electron chi connectivity index (χ4n) is 3.17. The number of hydrogen-bond acceptors (Lipinski definition) is 5. The van der Waals surface area contributed by atoms with Gasteiger partial charge >= 0.3 is 0 Å². The van der Waals surface area contributed by atoms with E-state index in [1.807, 2.05) is 24.3 Å². The molecule has 0 unspecified atom stereocenters. The van der Waals surface area contributed by atoms with Gasteiger partial charge in [0.15, 0.2) is 5.82 Å². The average Bonchev–Trinajstić information content (AvgIpc) is 2.63. The molecule has 6 heteroatoms. The predicted octanol–water partition coefficient (Wildman–Crippen LogP) is 3.08. The molecule has 0 amide bonds. The number of rotatable bonds is 6. The molecular weight excluding hydrogens is 324 g/mol. The van der Waals surface area contributed by atoms with Gasteiger partial charge in [-0.25, -0.2) is 0 Å². The molecule has 0 saturated carbocycles. The van der Waals surface area contributed by atoms with Crippen LogP contribution in [0.25, 0.3) is 0 Å². The van der Waals surface area contributed by atoms with Gasteiger partial charge < -0.3 is 15.0 Å². The highest BCUT2D eigenvalue weighted by Gasteiger charge is 2.24. The van der Waals surface area contributed by atoms with Gasteiger partial charge in [0.2, 0.25) is 0 Å². The molecule has 0 bridgehead atoms. The number of piperidine rings is 1. The van der Waals surface area contributed by atoms with Crippen molar-refractivity contribution >= 4 is 17.4 Å². The molecule has 3 rings (SSSR count). The third-order valence-electron chi connectivity index (χ3n) is 4.35. The molecule has 2 aromatic rings. The standard InChI is InChI=1S/C18H23ClN4O/c1-24-13-17(14-6-8-15(19)9-7-14)21-16-4-3-11-23(12-16)18-5-2-10-20-22-18/h2,5-10,16-17,21H,3-4,11-13H2,1H3/t16-,17-/m0/s1. The Morgan fingerprint density at radius 3 is 2.88 bits per heavy atom. The van der Waals surface area contributed by atoms with Crippen LogP contribution >= 0.6 is 11.6 Å². The van der Waals surface area contributed by atoms with Gasteiger partial charge in [-0.05, 0) is 42.7 Å². The molecule has 2 heterocycles. The van der Waals surface area contributed by atoms with Gasteiger partial charge in [0.1, 0.15) is 0 Å². The Labute approximate surface area is 148 Å². The van der Waals surface area contributed by atoms with Crippen LogP contribution in [-0.4, -0.2) is 43.0 Å². The van der Waals surface area contributed by atoms with Crippen LogP contribution in [0.4, 0.5) is 5.82 Å². The smallest absolute Gasteiger partial charge is 0.151 e. The number of hydrogen-bond donors (Lipinski definition) is 1. The predicted molar refractivity (Wildman–Crippen MR) is 96.5 cm³/mol. The van der Waals surface area contributed by atoms with E-state index >= 15 is 0 Å². The molecule has 1 aromatic heterocycles. The summed E-state index contributed by atoms with van der Waals surface area (Å²) in [7, 11) is 1.73. The second-order valence-electron chi connectivity index (χ2n) is 6.09. The zero-order chi connectivity index (χ0) is 16.8. The molecule has 1 fully saturated rings. The summed E-state index contributed by atoms with van der Waals surface area (Å²) in [5, 5.41) is 12.7. The summed E-state index contributed by atoms with van der Waals surface area (Å²) >= 11 is 6.00. The quantitative estimate of drug-likeness (QED) is 0.871. The number of benzene rings is 1. The summed E-state index contributed by atoms with van der Waals surface area (Å²) in [6.07, 6.45) is 3.98. The highest BCUT2D eigenvalue weighted by molar-refractivity contribution is 6.30. The van der Waals surface area contributed by atoms with Gasteiger partial charge in [-0.3, -0.25) is 0 Å². The van der Waals surface area contributed by atoms with Gasteiger partial charge in [-0.2, -0.15) is 5.10 Å². The number of halogens is 1. The molecule has 1 aromatic carbocycles. The van der Waals surface area contributed by atoms with Crippen molar-refractivity contribution in [3.05, 3.63) is 53.2 Å². The van der Waals surface area contributed by atoms with Crippen molar-refractivity contribution in [2.45, 2.75) is 24.9 Å². The van der Waals surface area contributed by atoms with Crippen molar-refractivity contribution in [2.24, 2.45) is 0 Å². The SMILES string of the molecule is COC[C@H](N[C@H]1CCCN(c2cccnn2)C1)c1ccc(Cl)cc1. The molecule has 0 aliphatic carbocycles. The number of aromatic nitrogens is 2. The number of nitrogens with one attached hydrogen (secondary N) is 1. The van der Waals surface area contributed by atoms with Crippen molar-refractivity contribution in [3.8, 4) is 0 Å². The Balaban J connectivity index is 1.67. The Hall–Kier alpha value is -1.69. The van der Waals surface area contributed by atoms with E-state index in [4.69, 9.17) is 16.3 Å². The van der Waals surface area contributed by atoms with E-state index < -0.39 is 0 Å². The van der Waals surface area contributed by atoms with Crippen molar-refractivity contribution in [1.29, 1.82) is 0 Å². The molecule has 1 N–H and O–H groups in total. The second kappa shape index (κ2) is 8.42. The Morgan fingerprint density at radius 2 is 2.17 bits per heavy atom. The lowest BCUT2D eigenvalue weighted by Crippen LogP contribution is -2.47. The highest BCUT2D eigenvalue weighted by atomic mass is 35.5. The van der Waals surface area contributed by atoms with Gasteiger partial charge in [-0.1, -0.05) is 23.7 Å². The van der Waals surface area contributed by atoms with E-state index in [-0.39, 0.29) is 6.04 Å². The average molecular weight is 347 g/mol.